The van der Waals surface area contributed by atoms with Gasteiger partial charge >= 0.3 is 5.97 Å². The number of piperidine rings is 1. The van der Waals surface area contributed by atoms with Crippen molar-refractivity contribution in [3.8, 4) is 0 Å². The van der Waals surface area contributed by atoms with Crippen molar-refractivity contribution in [1.29, 1.82) is 0 Å². The van der Waals surface area contributed by atoms with Gasteiger partial charge in [-0.25, -0.2) is 0 Å². The average Bonchev–Trinajstić information content (AvgIpc) is 2.40. The summed E-state index contributed by atoms with van der Waals surface area (Å²) in [4.78, 5) is 14.4. The zero-order chi connectivity index (χ0) is 13.0. The summed E-state index contributed by atoms with van der Waals surface area (Å²) in [7, 11) is 0. The summed E-state index contributed by atoms with van der Waals surface area (Å²) >= 11 is 0. The average molecular weight is 253 g/mol. The lowest BCUT2D eigenvalue weighted by atomic mass is 9.85. The fourth-order valence-electron chi connectivity index (χ4n) is 3.40. The van der Waals surface area contributed by atoms with Gasteiger partial charge in [0.25, 0.3) is 0 Å². The molecule has 0 aromatic rings. The predicted molar refractivity (Wildman–Crippen MR) is 72.4 cm³/mol. The van der Waals surface area contributed by atoms with E-state index in [0.717, 1.165) is 31.3 Å². The molecule has 1 heterocycles. The monoisotopic (exact) mass is 253 g/mol. The van der Waals surface area contributed by atoms with E-state index in [1.165, 1.54) is 32.2 Å². The first kappa shape index (κ1) is 13.9. The van der Waals surface area contributed by atoms with Gasteiger partial charge in [0, 0.05) is 12.6 Å². The first-order valence-corrected chi connectivity index (χ1v) is 7.61. The summed E-state index contributed by atoms with van der Waals surface area (Å²) in [5.74, 6) is 1.04. The topological polar surface area (TPSA) is 29.5 Å². The van der Waals surface area contributed by atoms with Crippen molar-refractivity contribution in [3.05, 3.63) is 0 Å². The Morgan fingerprint density at radius 3 is 2.61 bits per heavy atom. The Balaban J connectivity index is 1.84. The standard InChI is InChI=1S/C15H27NO2/c1-3-18-15(17)13-5-4-10-16(11-13)14-8-6-12(2)7-9-14/h12-14H,3-11H2,1-2H3/t12?,13-,14?/m0/s1. The Kier molecular flexibility index (Phi) is 5.04. The lowest BCUT2D eigenvalue weighted by molar-refractivity contribution is -0.150. The molecule has 1 atom stereocenters. The number of likely N-dealkylation sites (tertiary alicyclic amines) is 1. The van der Waals surface area contributed by atoms with Crippen LogP contribution < -0.4 is 0 Å². The first-order valence-electron chi connectivity index (χ1n) is 7.61. The highest BCUT2D eigenvalue weighted by Gasteiger charge is 2.31. The van der Waals surface area contributed by atoms with Crippen molar-refractivity contribution < 1.29 is 9.53 Å². The van der Waals surface area contributed by atoms with Crippen LogP contribution in [0.4, 0.5) is 0 Å². The van der Waals surface area contributed by atoms with E-state index in [4.69, 9.17) is 4.74 Å². The number of hydrogen-bond donors (Lipinski definition) is 0. The quantitative estimate of drug-likeness (QED) is 0.724. The fourth-order valence-corrected chi connectivity index (χ4v) is 3.40. The minimum absolute atomic E-state index is 0.0198. The van der Waals surface area contributed by atoms with E-state index in [9.17, 15) is 4.79 Å². The molecule has 2 fully saturated rings. The van der Waals surface area contributed by atoms with E-state index < -0.39 is 0 Å². The Bertz CT molecular complexity index is 272. The lowest BCUT2D eigenvalue weighted by Crippen LogP contribution is -2.46. The van der Waals surface area contributed by atoms with Gasteiger partial charge in [0.15, 0.2) is 0 Å². The van der Waals surface area contributed by atoms with Crippen molar-refractivity contribution in [1.82, 2.24) is 4.90 Å². The third-order valence-corrected chi connectivity index (χ3v) is 4.57. The van der Waals surface area contributed by atoms with Gasteiger partial charge in [-0.15, -0.1) is 0 Å². The molecule has 1 aliphatic heterocycles. The molecule has 0 radical (unpaired) electrons. The fraction of sp³-hybridized carbons (Fsp3) is 0.933. The van der Waals surface area contributed by atoms with Crippen molar-refractivity contribution in [2.45, 2.75) is 58.4 Å². The molecule has 0 unspecified atom stereocenters. The molecule has 1 saturated carbocycles. The molecular weight excluding hydrogens is 226 g/mol. The zero-order valence-electron chi connectivity index (χ0n) is 11.9. The number of nitrogens with zero attached hydrogens (tertiary/aromatic N) is 1. The van der Waals surface area contributed by atoms with E-state index in [1.54, 1.807) is 0 Å². The highest BCUT2D eigenvalue weighted by molar-refractivity contribution is 5.72. The molecule has 18 heavy (non-hydrogen) atoms. The number of rotatable bonds is 3. The van der Waals surface area contributed by atoms with E-state index in [2.05, 4.69) is 11.8 Å². The van der Waals surface area contributed by atoms with Gasteiger partial charge in [0.05, 0.1) is 12.5 Å². The van der Waals surface area contributed by atoms with Crippen LogP contribution in [0, 0.1) is 11.8 Å². The van der Waals surface area contributed by atoms with Crippen molar-refractivity contribution in [2.75, 3.05) is 19.7 Å². The molecule has 0 amide bonds. The molecule has 0 aromatic carbocycles. The second-order valence-corrected chi connectivity index (χ2v) is 6.00. The maximum absolute atomic E-state index is 11.8. The SMILES string of the molecule is CCOC(=O)[C@H]1CCCN(C2CCC(C)CC2)C1. The molecule has 1 aliphatic carbocycles. The summed E-state index contributed by atoms with van der Waals surface area (Å²) in [5.41, 5.74) is 0. The number of hydrogen-bond acceptors (Lipinski definition) is 3. The summed E-state index contributed by atoms with van der Waals surface area (Å²) < 4.78 is 5.17. The van der Waals surface area contributed by atoms with Gasteiger partial charge in [-0.1, -0.05) is 6.92 Å². The second kappa shape index (κ2) is 6.55. The molecular formula is C15H27NO2. The van der Waals surface area contributed by atoms with Gasteiger partial charge in [-0.05, 0) is 57.9 Å². The summed E-state index contributed by atoms with van der Waals surface area (Å²) in [6.07, 6.45) is 7.50. The Morgan fingerprint density at radius 2 is 1.94 bits per heavy atom. The Hall–Kier alpha value is -0.570. The lowest BCUT2D eigenvalue weighted by Gasteiger charge is -2.40. The molecule has 0 aromatic heterocycles. The van der Waals surface area contributed by atoms with Crippen molar-refractivity contribution in [3.63, 3.8) is 0 Å². The molecule has 104 valence electrons. The molecule has 1 saturated heterocycles. The maximum atomic E-state index is 11.8. The molecule has 3 nitrogen and oxygen atoms in total. The highest BCUT2D eigenvalue weighted by atomic mass is 16.5. The van der Waals surface area contributed by atoms with Gasteiger partial charge in [0.1, 0.15) is 0 Å². The minimum atomic E-state index is 0.0198. The zero-order valence-corrected chi connectivity index (χ0v) is 11.9. The summed E-state index contributed by atoms with van der Waals surface area (Å²) in [5, 5.41) is 0. The molecule has 0 bridgehead atoms. The van der Waals surface area contributed by atoms with Crippen LogP contribution in [0.15, 0.2) is 0 Å². The van der Waals surface area contributed by atoms with E-state index >= 15 is 0 Å². The first-order chi connectivity index (χ1) is 8.70. The number of carbonyl (C=O) groups excluding carboxylic acids is 1. The van der Waals surface area contributed by atoms with E-state index in [1.807, 2.05) is 6.92 Å². The van der Waals surface area contributed by atoms with Crippen LogP contribution in [0.2, 0.25) is 0 Å². The van der Waals surface area contributed by atoms with Crippen LogP contribution in [0.25, 0.3) is 0 Å². The second-order valence-electron chi connectivity index (χ2n) is 6.00. The Morgan fingerprint density at radius 1 is 1.22 bits per heavy atom. The summed E-state index contributed by atoms with van der Waals surface area (Å²) in [6, 6.07) is 0.721. The maximum Gasteiger partial charge on any atom is 0.310 e. The van der Waals surface area contributed by atoms with Gasteiger partial charge in [-0.2, -0.15) is 0 Å². The van der Waals surface area contributed by atoms with Crippen molar-refractivity contribution >= 4 is 5.97 Å². The molecule has 3 heteroatoms. The molecule has 2 rings (SSSR count). The molecule has 2 aliphatic rings. The van der Waals surface area contributed by atoms with Crippen LogP contribution in [0.1, 0.15) is 52.4 Å². The predicted octanol–water partition coefficient (Wildman–Crippen LogP) is 2.84. The third-order valence-electron chi connectivity index (χ3n) is 4.57. The number of carbonyl (C=O) groups is 1. The number of esters is 1. The molecule has 0 spiro atoms. The smallest absolute Gasteiger partial charge is 0.310 e. The summed E-state index contributed by atoms with van der Waals surface area (Å²) in [6.45, 7) is 6.86. The van der Waals surface area contributed by atoms with Crippen LogP contribution >= 0.6 is 0 Å². The van der Waals surface area contributed by atoms with Crippen LogP contribution in [-0.4, -0.2) is 36.6 Å². The van der Waals surface area contributed by atoms with Crippen LogP contribution in [0.3, 0.4) is 0 Å². The largest absolute Gasteiger partial charge is 0.466 e. The van der Waals surface area contributed by atoms with Gasteiger partial charge < -0.3 is 4.74 Å². The normalized spacial score (nSPS) is 34.2. The van der Waals surface area contributed by atoms with E-state index in [-0.39, 0.29) is 11.9 Å². The minimum Gasteiger partial charge on any atom is -0.466 e. The Labute approximate surface area is 111 Å². The van der Waals surface area contributed by atoms with Crippen molar-refractivity contribution in [2.24, 2.45) is 11.8 Å². The number of ether oxygens (including phenoxy) is 1. The van der Waals surface area contributed by atoms with E-state index in [0.29, 0.717) is 6.61 Å². The van der Waals surface area contributed by atoms with Gasteiger partial charge in [0.2, 0.25) is 0 Å². The van der Waals surface area contributed by atoms with Crippen LogP contribution in [-0.2, 0) is 9.53 Å². The van der Waals surface area contributed by atoms with Gasteiger partial charge in [-0.3, -0.25) is 9.69 Å². The third kappa shape index (κ3) is 3.47. The van der Waals surface area contributed by atoms with Crippen LogP contribution in [0.5, 0.6) is 0 Å². The molecule has 0 N–H and O–H groups in total. The highest BCUT2D eigenvalue weighted by Crippen LogP contribution is 2.30.